The monoisotopic (exact) mass is 256 g/mol. The van der Waals surface area contributed by atoms with Gasteiger partial charge in [0.15, 0.2) is 5.82 Å². The normalized spacial score (nSPS) is 19.1. The van der Waals surface area contributed by atoms with E-state index in [1.54, 1.807) is 31.0 Å². The molecule has 0 spiro atoms. The lowest BCUT2D eigenvalue weighted by Crippen LogP contribution is -2.29. The minimum Gasteiger partial charge on any atom is -0.322 e. The van der Waals surface area contributed by atoms with Crippen molar-refractivity contribution < 1.29 is 0 Å². The molecule has 1 fully saturated rings. The Morgan fingerprint density at radius 3 is 2.79 bits per heavy atom. The van der Waals surface area contributed by atoms with Gasteiger partial charge in [-0.3, -0.25) is 9.97 Å². The maximum Gasteiger partial charge on any atom is 0.153 e. The quantitative estimate of drug-likeness (QED) is 0.866. The van der Waals surface area contributed by atoms with Crippen LogP contribution in [0.5, 0.6) is 0 Å². The summed E-state index contributed by atoms with van der Waals surface area (Å²) in [5.74, 6) is 1.87. The highest BCUT2D eigenvalue weighted by molar-refractivity contribution is 5.53. The lowest BCUT2D eigenvalue weighted by molar-refractivity contribution is 0.455. The van der Waals surface area contributed by atoms with E-state index in [9.17, 15) is 0 Å². The van der Waals surface area contributed by atoms with Crippen molar-refractivity contribution in [2.45, 2.75) is 18.8 Å². The van der Waals surface area contributed by atoms with E-state index < -0.39 is 0 Å². The first-order valence-corrected chi connectivity index (χ1v) is 6.48. The number of aromatic nitrogens is 4. The van der Waals surface area contributed by atoms with Crippen molar-refractivity contribution in [3.8, 4) is 0 Å². The van der Waals surface area contributed by atoms with E-state index in [1.165, 1.54) is 6.42 Å². The zero-order chi connectivity index (χ0) is 12.9. The van der Waals surface area contributed by atoms with Crippen molar-refractivity contribution in [1.82, 2.24) is 25.3 Å². The lowest BCUT2D eigenvalue weighted by atomic mass is 9.96. The third-order valence-corrected chi connectivity index (χ3v) is 3.22. The van der Waals surface area contributed by atoms with E-state index in [4.69, 9.17) is 0 Å². The molecule has 0 saturated carbocycles. The number of piperidine rings is 1. The zero-order valence-corrected chi connectivity index (χ0v) is 10.6. The van der Waals surface area contributed by atoms with Crippen LogP contribution in [0.15, 0.2) is 31.0 Å². The van der Waals surface area contributed by atoms with E-state index >= 15 is 0 Å². The first-order chi connectivity index (χ1) is 9.43. The second-order valence-corrected chi connectivity index (χ2v) is 4.55. The Balaban J connectivity index is 1.84. The summed E-state index contributed by atoms with van der Waals surface area (Å²) in [5, 5.41) is 6.60. The highest BCUT2D eigenvalue weighted by Gasteiger charge is 2.20. The molecule has 3 heterocycles. The molecule has 0 radical (unpaired) electrons. The Hall–Kier alpha value is -2.08. The van der Waals surface area contributed by atoms with Gasteiger partial charge < -0.3 is 10.6 Å². The van der Waals surface area contributed by atoms with Gasteiger partial charge >= 0.3 is 0 Å². The molecule has 2 N–H and O–H groups in total. The second-order valence-electron chi connectivity index (χ2n) is 4.55. The van der Waals surface area contributed by atoms with Gasteiger partial charge in [-0.2, -0.15) is 0 Å². The number of rotatable bonds is 3. The van der Waals surface area contributed by atoms with Crippen LogP contribution in [-0.4, -0.2) is 33.0 Å². The second kappa shape index (κ2) is 5.71. The molecular formula is C13H16N6. The van der Waals surface area contributed by atoms with Gasteiger partial charge in [0, 0.05) is 37.3 Å². The van der Waals surface area contributed by atoms with Crippen LogP contribution in [0.3, 0.4) is 0 Å². The molecule has 6 heteroatoms. The summed E-state index contributed by atoms with van der Waals surface area (Å²) in [6.45, 7) is 2.04. The van der Waals surface area contributed by atoms with Gasteiger partial charge in [-0.15, -0.1) is 0 Å². The van der Waals surface area contributed by atoms with Crippen molar-refractivity contribution in [3.05, 3.63) is 36.7 Å². The highest BCUT2D eigenvalue weighted by atomic mass is 15.1. The molecule has 2 aromatic rings. The van der Waals surface area contributed by atoms with Gasteiger partial charge in [0.05, 0.1) is 11.9 Å². The third kappa shape index (κ3) is 2.85. The molecule has 0 aliphatic carbocycles. The van der Waals surface area contributed by atoms with Crippen molar-refractivity contribution in [2.24, 2.45) is 0 Å². The van der Waals surface area contributed by atoms with E-state index in [-0.39, 0.29) is 0 Å². The summed E-state index contributed by atoms with van der Waals surface area (Å²) in [7, 11) is 0. The van der Waals surface area contributed by atoms with Gasteiger partial charge in [0.1, 0.15) is 5.82 Å². The largest absolute Gasteiger partial charge is 0.322 e. The molecule has 1 aliphatic heterocycles. The molecule has 6 nitrogen and oxygen atoms in total. The maximum absolute atomic E-state index is 4.49. The minimum atomic E-state index is 0.404. The summed E-state index contributed by atoms with van der Waals surface area (Å²) >= 11 is 0. The van der Waals surface area contributed by atoms with Crippen LogP contribution in [0.25, 0.3) is 0 Å². The first-order valence-electron chi connectivity index (χ1n) is 6.48. The lowest BCUT2D eigenvalue weighted by Gasteiger charge is -2.23. The summed E-state index contributed by atoms with van der Waals surface area (Å²) in [5.41, 5.74) is 1.00. The van der Waals surface area contributed by atoms with Gasteiger partial charge in [0.2, 0.25) is 0 Å². The van der Waals surface area contributed by atoms with Crippen LogP contribution in [0.4, 0.5) is 11.6 Å². The van der Waals surface area contributed by atoms with Crippen LogP contribution in [0.1, 0.15) is 24.5 Å². The van der Waals surface area contributed by atoms with Gasteiger partial charge in [-0.05, 0) is 19.4 Å². The number of hydrogen-bond donors (Lipinski definition) is 2. The van der Waals surface area contributed by atoms with E-state index in [0.29, 0.717) is 11.7 Å². The minimum absolute atomic E-state index is 0.404. The number of nitrogens with zero attached hydrogens (tertiary/aromatic N) is 4. The molecular weight excluding hydrogens is 240 g/mol. The summed E-state index contributed by atoms with van der Waals surface area (Å²) < 4.78 is 0. The maximum atomic E-state index is 4.49. The SMILES string of the molecule is c1cnc(Nc2nccnc2[C@@H]2CCCNC2)cn1. The van der Waals surface area contributed by atoms with Crippen molar-refractivity contribution >= 4 is 11.6 Å². The average molecular weight is 256 g/mol. The first kappa shape index (κ1) is 12.0. The fourth-order valence-corrected chi connectivity index (χ4v) is 2.31. The predicted octanol–water partition coefficient (Wildman–Crippen LogP) is 1.48. The van der Waals surface area contributed by atoms with Crippen LogP contribution in [-0.2, 0) is 0 Å². The molecule has 2 aromatic heterocycles. The third-order valence-electron chi connectivity index (χ3n) is 3.22. The molecule has 1 atom stereocenters. The predicted molar refractivity (Wildman–Crippen MR) is 72.2 cm³/mol. The Labute approximate surface area is 111 Å². The fourth-order valence-electron chi connectivity index (χ4n) is 2.31. The number of nitrogens with one attached hydrogen (secondary N) is 2. The van der Waals surface area contributed by atoms with E-state index in [1.807, 2.05) is 0 Å². The van der Waals surface area contributed by atoms with E-state index in [2.05, 4.69) is 30.6 Å². The van der Waals surface area contributed by atoms with Gasteiger partial charge in [-0.1, -0.05) is 0 Å². The molecule has 1 saturated heterocycles. The molecule has 3 rings (SSSR count). The van der Waals surface area contributed by atoms with Crippen molar-refractivity contribution in [2.75, 3.05) is 18.4 Å². The van der Waals surface area contributed by atoms with Crippen molar-refractivity contribution in [3.63, 3.8) is 0 Å². The Morgan fingerprint density at radius 1 is 1.11 bits per heavy atom. The smallest absolute Gasteiger partial charge is 0.153 e. The molecule has 0 unspecified atom stereocenters. The van der Waals surface area contributed by atoms with Crippen LogP contribution < -0.4 is 10.6 Å². The number of hydrogen-bond acceptors (Lipinski definition) is 6. The standard InChI is InChI=1S/C13H16N6/c1-2-10(8-14-3-1)12-13(18-7-6-17-12)19-11-9-15-4-5-16-11/h4-7,9-10,14H,1-3,8H2,(H,16,18,19)/t10-/m1/s1. The Bertz CT molecular complexity index is 524. The molecule has 0 amide bonds. The topological polar surface area (TPSA) is 75.6 Å². The summed E-state index contributed by atoms with van der Waals surface area (Å²) in [4.78, 5) is 17.1. The number of anilines is 2. The van der Waals surface area contributed by atoms with Crippen LogP contribution in [0, 0.1) is 0 Å². The van der Waals surface area contributed by atoms with Gasteiger partial charge in [-0.25, -0.2) is 9.97 Å². The molecule has 0 aromatic carbocycles. The Kier molecular flexibility index (Phi) is 3.60. The molecule has 0 bridgehead atoms. The highest BCUT2D eigenvalue weighted by Crippen LogP contribution is 2.27. The van der Waals surface area contributed by atoms with Gasteiger partial charge in [0.25, 0.3) is 0 Å². The zero-order valence-electron chi connectivity index (χ0n) is 10.6. The van der Waals surface area contributed by atoms with Crippen LogP contribution >= 0.6 is 0 Å². The summed E-state index contributed by atoms with van der Waals surface area (Å²) in [6, 6.07) is 0. The average Bonchev–Trinajstić information content (AvgIpc) is 2.50. The van der Waals surface area contributed by atoms with E-state index in [0.717, 1.165) is 31.0 Å². The molecule has 1 aliphatic rings. The van der Waals surface area contributed by atoms with Crippen LogP contribution in [0.2, 0.25) is 0 Å². The van der Waals surface area contributed by atoms with Crippen molar-refractivity contribution in [1.29, 1.82) is 0 Å². The Morgan fingerprint density at radius 2 is 2.00 bits per heavy atom. The fraction of sp³-hybridized carbons (Fsp3) is 0.385. The molecule has 19 heavy (non-hydrogen) atoms. The summed E-state index contributed by atoms with van der Waals surface area (Å²) in [6.07, 6.45) is 10.7. The molecule has 98 valence electrons.